The number of carbonyl (C=O) groups excluding carboxylic acids is 2. The van der Waals surface area contributed by atoms with Crippen LogP contribution in [0.4, 0.5) is 5.69 Å². The van der Waals surface area contributed by atoms with E-state index in [1.54, 1.807) is 29.6 Å². The van der Waals surface area contributed by atoms with Crippen LogP contribution in [-0.2, 0) is 9.59 Å². The Labute approximate surface area is 191 Å². The Hall–Kier alpha value is -3.00. The highest BCUT2D eigenvalue weighted by Gasteiger charge is 2.48. The van der Waals surface area contributed by atoms with Crippen LogP contribution < -0.4 is 9.64 Å². The van der Waals surface area contributed by atoms with Gasteiger partial charge in [0.2, 0.25) is 0 Å². The van der Waals surface area contributed by atoms with Crippen molar-refractivity contribution in [3.63, 3.8) is 0 Å². The van der Waals surface area contributed by atoms with Crippen molar-refractivity contribution in [3.8, 4) is 11.5 Å². The first-order valence-electron chi connectivity index (χ1n) is 9.01. The topological polar surface area (TPSA) is 87.1 Å². The van der Waals surface area contributed by atoms with E-state index in [4.69, 9.17) is 27.9 Å². The van der Waals surface area contributed by atoms with Crippen LogP contribution in [-0.4, -0.2) is 29.0 Å². The Morgan fingerprint density at radius 1 is 1.10 bits per heavy atom. The third kappa shape index (κ3) is 3.54. The Bertz CT molecular complexity index is 1200. The minimum Gasteiger partial charge on any atom is -0.507 e. The number of benzene rings is 2. The summed E-state index contributed by atoms with van der Waals surface area (Å²) in [7, 11) is 1.40. The highest BCUT2D eigenvalue weighted by molar-refractivity contribution is 7.10. The van der Waals surface area contributed by atoms with E-state index in [-0.39, 0.29) is 38.4 Å². The summed E-state index contributed by atoms with van der Waals surface area (Å²) in [5.74, 6) is -2.12. The quantitative estimate of drug-likeness (QED) is 0.299. The van der Waals surface area contributed by atoms with Gasteiger partial charge in [-0.1, -0.05) is 41.4 Å². The molecule has 4 rings (SSSR count). The first-order chi connectivity index (χ1) is 14.8. The lowest BCUT2D eigenvalue weighted by atomic mass is 9.99. The van der Waals surface area contributed by atoms with Crippen molar-refractivity contribution in [1.29, 1.82) is 0 Å². The minimum atomic E-state index is -0.937. The number of hydrogen-bond acceptors (Lipinski definition) is 6. The number of methoxy groups -OCH3 is 1. The normalized spacial score (nSPS) is 17.9. The van der Waals surface area contributed by atoms with Gasteiger partial charge in [-0.25, -0.2) is 0 Å². The lowest BCUT2D eigenvalue weighted by Crippen LogP contribution is -2.29. The Kier molecular flexibility index (Phi) is 5.66. The van der Waals surface area contributed by atoms with Crippen LogP contribution in [0.2, 0.25) is 10.0 Å². The predicted octanol–water partition coefficient (Wildman–Crippen LogP) is 5.40. The van der Waals surface area contributed by atoms with Crippen LogP contribution in [0, 0.1) is 0 Å². The number of thiophene rings is 1. The van der Waals surface area contributed by atoms with Crippen molar-refractivity contribution in [2.45, 2.75) is 6.04 Å². The molecule has 1 amide bonds. The van der Waals surface area contributed by atoms with Crippen molar-refractivity contribution in [2.24, 2.45) is 0 Å². The molecule has 6 nitrogen and oxygen atoms in total. The van der Waals surface area contributed by atoms with Crippen LogP contribution >= 0.6 is 34.5 Å². The number of amides is 1. The van der Waals surface area contributed by atoms with Crippen LogP contribution in [0.15, 0.2) is 59.5 Å². The van der Waals surface area contributed by atoms with Crippen molar-refractivity contribution < 1.29 is 24.5 Å². The first-order valence-corrected chi connectivity index (χ1v) is 10.6. The molecule has 2 aromatic carbocycles. The molecule has 1 fully saturated rings. The number of Topliss-reactive ketones (excluding diaryl/α,β-unsaturated/α-hetero) is 1. The van der Waals surface area contributed by atoms with Gasteiger partial charge < -0.3 is 14.9 Å². The molecule has 0 bridgehead atoms. The monoisotopic (exact) mass is 475 g/mol. The molecule has 2 heterocycles. The Balaban J connectivity index is 1.95. The molecule has 1 aliphatic rings. The minimum absolute atomic E-state index is 0.131. The van der Waals surface area contributed by atoms with Gasteiger partial charge in [-0.15, -0.1) is 11.3 Å². The molecule has 3 aromatic rings. The van der Waals surface area contributed by atoms with E-state index in [1.807, 2.05) is 0 Å². The summed E-state index contributed by atoms with van der Waals surface area (Å²) in [5, 5.41) is 23.5. The molecule has 0 radical (unpaired) electrons. The molecule has 31 heavy (non-hydrogen) atoms. The Morgan fingerprint density at radius 2 is 1.77 bits per heavy atom. The molecule has 158 valence electrons. The van der Waals surface area contributed by atoms with Crippen LogP contribution in [0.1, 0.15) is 16.5 Å². The number of aliphatic hydroxyl groups excluding tert-OH is 1. The Morgan fingerprint density at radius 3 is 2.35 bits per heavy atom. The molecular formula is C22H15Cl2NO5S. The number of aromatic hydroxyl groups is 1. The lowest BCUT2D eigenvalue weighted by molar-refractivity contribution is -0.132. The SMILES string of the molecule is COc1c(Cl)cc(/C(O)=C2/C(=O)C(=O)N(c3ccccc3O)C2c2cccs2)cc1Cl. The fourth-order valence-electron chi connectivity index (χ4n) is 3.51. The maximum Gasteiger partial charge on any atom is 0.300 e. The number of anilines is 1. The molecule has 2 N–H and O–H groups in total. The number of ketones is 1. The van der Waals surface area contributed by atoms with Gasteiger partial charge in [-0.05, 0) is 35.7 Å². The van der Waals surface area contributed by atoms with Gasteiger partial charge in [0.05, 0.1) is 28.4 Å². The van der Waals surface area contributed by atoms with Crippen LogP contribution in [0.5, 0.6) is 11.5 Å². The van der Waals surface area contributed by atoms with Crippen LogP contribution in [0.3, 0.4) is 0 Å². The second-order valence-electron chi connectivity index (χ2n) is 6.65. The molecule has 1 atom stereocenters. The summed E-state index contributed by atoms with van der Waals surface area (Å²) in [6.45, 7) is 0. The number of ether oxygens (including phenoxy) is 1. The number of nitrogens with zero attached hydrogens (tertiary/aromatic N) is 1. The maximum absolute atomic E-state index is 13.0. The molecule has 1 aliphatic heterocycles. The van der Waals surface area contributed by atoms with Gasteiger partial charge in [-0.3, -0.25) is 14.5 Å². The largest absolute Gasteiger partial charge is 0.507 e. The first kappa shape index (κ1) is 21.2. The van der Waals surface area contributed by atoms with E-state index < -0.39 is 23.5 Å². The number of aliphatic hydroxyl groups is 1. The zero-order valence-corrected chi connectivity index (χ0v) is 18.3. The highest BCUT2D eigenvalue weighted by Crippen LogP contribution is 2.46. The third-order valence-corrected chi connectivity index (χ3v) is 6.36. The third-order valence-electron chi connectivity index (χ3n) is 4.87. The van der Waals surface area contributed by atoms with Gasteiger partial charge in [0, 0.05) is 10.4 Å². The molecule has 1 saturated heterocycles. The zero-order chi connectivity index (χ0) is 22.3. The fraction of sp³-hybridized carbons (Fsp3) is 0.0909. The second kappa shape index (κ2) is 8.26. The van der Waals surface area contributed by atoms with E-state index in [1.165, 1.54) is 47.6 Å². The lowest BCUT2D eigenvalue weighted by Gasteiger charge is -2.24. The molecule has 1 aromatic heterocycles. The fourth-order valence-corrected chi connectivity index (χ4v) is 4.98. The average molecular weight is 476 g/mol. The van der Waals surface area contributed by atoms with Gasteiger partial charge in [-0.2, -0.15) is 0 Å². The average Bonchev–Trinajstić information content (AvgIpc) is 3.35. The van der Waals surface area contributed by atoms with Crippen molar-refractivity contribution >= 4 is 57.7 Å². The molecule has 1 unspecified atom stereocenters. The summed E-state index contributed by atoms with van der Waals surface area (Å²) in [4.78, 5) is 27.8. The summed E-state index contributed by atoms with van der Waals surface area (Å²) in [5.41, 5.74) is 0.188. The number of phenolic OH excluding ortho intramolecular Hbond substituents is 1. The number of rotatable bonds is 4. The summed E-state index contributed by atoms with van der Waals surface area (Å²) < 4.78 is 5.13. The molecular weight excluding hydrogens is 461 g/mol. The standard InChI is InChI=1S/C22H15Cl2NO5S/c1-30-21-12(23)9-11(10-13(21)24)19(27)17-18(16-7-4-8-31-16)25(22(29)20(17)28)14-5-2-3-6-15(14)26/h2-10,18,26-27H,1H3/b19-17-. The van der Waals surface area contributed by atoms with Gasteiger partial charge >= 0.3 is 0 Å². The van der Waals surface area contributed by atoms with Crippen molar-refractivity contribution in [2.75, 3.05) is 12.0 Å². The van der Waals surface area contributed by atoms with E-state index in [2.05, 4.69) is 0 Å². The summed E-state index contributed by atoms with van der Waals surface area (Å²) in [6, 6.07) is 11.6. The van der Waals surface area contributed by atoms with Crippen LogP contribution in [0.25, 0.3) is 5.76 Å². The summed E-state index contributed by atoms with van der Waals surface area (Å²) in [6.07, 6.45) is 0. The van der Waals surface area contributed by atoms with Crippen molar-refractivity contribution in [3.05, 3.63) is 80.0 Å². The van der Waals surface area contributed by atoms with E-state index >= 15 is 0 Å². The van der Waals surface area contributed by atoms with E-state index in [0.29, 0.717) is 4.88 Å². The van der Waals surface area contributed by atoms with Gasteiger partial charge in [0.15, 0.2) is 5.75 Å². The van der Waals surface area contributed by atoms with E-state index in [0.717, 1.165) is 0 Å². The number of halogens is 2. The zero-order valence-electron chi connectivity index (χ0n) is 16.0. The molecule has 9 heteroatoms. The number of phenols is 1. The second-order valence-corrected chi connectivity index (χ2v) is 8.44. The molecule has 0 saturated carbocycles. The molecule has 0 aliphatic carbocycles. The van der Waals surface area contributed by atoms with Gasteiger partial charge in [0.25, 0.3) is 11.7 Å². The van der Waals surface area contributed by atoms with E-state index in [9.17, 15) is 19.8 Å². The van der Waals surface area contributed by atoms with Crippen molar-refractivity contribution in [1.82, 2.24) is 0 Å². The van der Waals surface area contributed by atoms with Gasteiger partial charge in [0.1, 0.15) is 17.6 Å². The highest BCUT2D eigenvalue weighted by atomic mass is 35.5. The maximum atomic E-state index is 13.0. The predicted molar refractivity (Wildman–Crippen MR) is 120 cm³/mol. The molecule has 0 spiro atoms. The summed E-state index contributed by atoms with van der Waals surface area (Å²) >= 11 is 13.7. The smallest absolute Gasteiger partial charge is 0.300 e. The number of hydrogen-bond donors (Lipinski definition) is 2. The number of carbonyl (C=O) groups is 2. The number of para-hydroxylation sites is 2.